The Morgan fingerprint density at radius 3 is 2.18 bits per heavy atom. The van der Waals surface area contributed by atoms with Crippen molar-refractivity contribution in [1.82, 2.24) is 0 Å². The highest BCUT2D eigenvalue weighted by Gasteiger charge is 2.22. The summed E-state index contributed by atoms with van der Waals surface area (Å²) in [6.45, 7) is 1.53. The average Bonchev–Trinajstić information content (AvgIpc) is 2.84. The van der Waals surface area contributed by atoms with E-state index in [0.29, 0.717) is 17.7 Å². The van der Waals surface area contributed by atoms with Crippen LogP contribution in [0.25, 0.3) is 22.3 Å². The van der Waals surface area contributed by atoms with Crippen molar-refractivity contribution >= 4 is 11.0 Å². The summed E-state index contributed by atoms with van der Waals surface area (Å²) < 4.78 is 28.2. The minimum Gasteiger partial charge on any atom is -0.507 e. The Hall–Kier alpha value is -3.47. The van der Waals surface area contributed by atoms with Gasteiger partial charge in [0.05, 0.1) is 26.4 Å². The first-order valence-corrected chi connectivity index (χ1v) is 10.9. The quantitative estimate of drug-likeness (QED) is 0.289. The van der Waals surface area contributed by atoms with Gasteiger partial charge in [-0.05, 0) is 24.6 Å². The first-order valence-electron chi connectivity index (χ1n) is 10.9. The van der Waals surface area contributed by atoms with E-state index in [9.17, 15) is 9.90 Å². The Morgan fingerprint density at radius 2 is 1.50 bits per heavy atom. The number of benzene rings is 2. The maximum atomic E-state index is 13.3. The van der Waals surface area contributed by atoms with Crippen LogP contribution in [-0.4, -0.2) is 66.7 Å². The molecule has 0 radical (unpaired) electrons. The van der Waals surface area contributed by atoms with Gasteiger partial charge in [0.25, 0.3) is 0 Å². The van der Waals surface area contributed by atoms with E-state index in [1.807, 2.05) is 6.92 Å². The number of aromatic hydroxyl groups is 1. The smallest absolute Gasteiger partial charge is 0.239 e. The number of ether oxygens (including phenoxy) is 4. The predicted molar refractivity (Wildman–Crippen MR) is 123 cm³/mol. The number of fused-ring (bicyclic) bond motifs is 1. The summed E-state index contributed by atoms with van der Waals surface area (Å²) in [6, 6.07) is 7.50. The van der Waals surface area contributed by atoms with Crippen molar-refractivity contribution in [1.29, 1.82) is 0 Å². The van der Waals surface area contributed by atoms with E-state index in [2.05, 4.69) is 0 Å². The van der Waals surface area contributed by atoms with Crippen molar-refractivity contribution in [3.8, 4) is 40.1 Å². The highest BCUT2D eigenvalue weighted by atomic mass is 16.5. The topological polar surface area (TPSA) is 148 Å². The van der Waals surface area contributed by atoms with Crippen molar-refractivity contribution in [2.75, 3.05) is 46.2 Å². The Labute approximate surface area is 195 Å². The van der Waals surface area contributed by atoms with Crippen LogP contribution in [0, 0.1) is 0 Å². The molecule has 10 nitrogen and oxygen atoms in total. The molecule has 3 rings (SSSR count). The van der Waals surface area contributed by atoms with Gasteiger partial charge in [0.2, 0.25) is 11.2 Å². The summed E-state index contributed by atoms with van der Waals surface area (Å²) in [4.78, 5) is 13.3. The molecule has 3 aromatic rings. The number of phenols is 1. The molecule has 1 aromatic heterocycles. The molecule has 0 bridgehead atoms. The maximum absolute atomic E-state index is 13.3. The van der Waals surface area contributed by atoms with Crippen molar-refractivity contribution in [2.24, 2.45) is 0 Å². The van der Waals surface area contributed by atoms with Gasteiger partial charge in [-0.3, -0.25) is 4.79 Å². The molecule has 34 heavy (non-hydrogen) atoms. The van der Waals surface area contributed by atoms with Gasteiger partial charge in [0.15, 0.2) is 17.3 Å². The molecule has 2 aromatic carbocycles. The first-order chi connectivity index (χ1) is 16.5. The van der Waals surface area contributed by atoms with Crippen molar-refractivity contribution in [3.63, 3.8) is 0 Å². The molecular weight excluding hydrogens is 448 g/mol. The third-order valence-electron chi connectivity index (χ3n) is 4.62. The molecule has 0 aliphatic heterocycles. The fraction of sp³-hybridized carbons (Fsp3) is 0.375. The third kappa shape index (κ3) is 5.71. The van der Waals surface area contributed by atoms with Crippen molar-refractivity contribution in [2.45, 2.75) is 13.3 Å². The van der Waals surface area contributed by atoms with Crippen LogP contribution in [0.1, 0.15) is 13.3 Å². The Bertz CT molecular complexity index is 1150. The van der Waals surface area contributed by atoms with Gasteiger partial charge in [-0.15, -0.1) is 0 Å². The number of aliphatic hydroxyl groups is 3. The second-order valence-electron chi connectivity index (χ2n) is 7.13. The Morgan fingerprint density at radius 1 is 0.824 bits per heavy atom. The summed E-state index contributed by atoms with van der Waals surface area (Å²) >= 11 is 0. The molecule has 0 aliphatic rings. The van der Waals surface area contributed by atoms with E-state index in [-0.39, 0.29) is 86.0 Å². The van der Waals surface area contributed by atoms with Crippen molar-refractivity contribution in [3.05, 3.63) is 40.6 Å². The molecule has 4 N–H and O–H groups in total. The van der Waals surface area contributed by atoms with Crippen LogP contribution in [-0.2, 0) is 0 Å². The molecule has 0 amide bonds. The molecule has 184 valence electrons. The molecule has 0 spiro atoms. The lowest BCUT2D eigenvalue weighted by molar-refractivity contribution is 0.178. The second-order valence-corrected chi connectivity index (χ2v) is 7.13. The molecule has 1 heterocycles. The maximum Gasteiger partial charge on any atom is 0.239 e. The molecular formula is C24H28O10. The summed E-state index contributed by atoms with van der Waals surface area (Å²) in [5, 5.41) is 37.6. The number of phenolic OH excluding ortho intramolecular Hbond substituents is 1. The van der Waals surface area contributed by atoms with Crippen LogP contribution in [0.15, 0.2) is 39.5 Å². The van der Waals surface area contributed by atoms with E-state index in [1.165, 1.54) is 12.1 Å². The van der Waals surface area contributed by atoms with E-state index >= 15 is 0 Å². The Kier molecular flexibility index (Phi) is 8.97. The van der Waals surface area contributed by atoms with Gasteiger partial charge in [0, 0.05) is 17.7 Å². The van der Waals surface area contributed by atoms with E-state index < -0.39 is 5.43 Å². The van der Waals surface area contributed by atoms with Crippen molar-refractivity contribution < 1.29 is 43.8 Å². The van der Waals surface area contributed by atoms with E-state index in [4.69, 9.17) is 38.7 Å². The first kappa shape index (κ1) is 25.2. The molecule has 0 aliphatic carbocycles. The largest absolute Gasteiger partial charge is 0.507 e. The van der Waals surface area contributed by atoms with Crippen LogP contribution < -0.4 is 24.4 Å². The number of aliphatic hydroxyl groups excluding tert-OH is 3. The summed E-state index contributed by atoms with van der Waals surface area (Å²) in [5.74, 6) is 0.509. The van der Waals surface area contributed by atoms with Gasteiger partial charge in [-0.2, -0.15) is 0 Å². The Balaban J connectivity index is 2.19. The lowest BCUT2D eigenvalue weighted by Gasteiger charge is -2.15. The third-order valence-corrected chi connectivity index (χ3v) is 4.62. The van der Waals surface area contributed by atoms with E-state index in [1.54, 1.807) is 18.2 Å². The molecule has 0 saturated heterocycles. The van der Waals surface area contributed by atoms with Gasteiger partial charge in [0.1, 0.15) is 42.3 Å². The van der Waals surface area contributed by atoms with E-state index in [0.717, 1.165) is 0 Å². The lowest BCUT2D eigenvalue weighted by Crippen LogP contribution is -2.11. The minimum atomic E-state index is -0.561. The number of rotatable bonds is 13. The summed E-state index contributed by atoms with van der Waals surface area (Å²) in [5.41, 5.74) is -0.0693. The van der Waals surface area contributed by atoms with Gasteiger partial charge >= 0.3 is 0 Å². The zero-order valence-corrected chi connectivity index (χ0v) is 18.8. The zero-order chi connectivity index (χ0) is 24.5. The molecule has 10 heteroatoms. The summed E-state index contributed by atoms with van der Waals surface area (Å²) in [7, 11) is 0. The van der Waals surface area contributed by atoms with Gasteiger partial charge < -0.3 is 43.8 Å². The second kappa shape index (κ2) is 12.1. The van der Waals surface area contributed by atoms with Gasteiger partial charge in [-0.25, -0.2) is 0 Å². The molecule has 0 saturated carbocycles. The van der Waals surface area contributed by atoms with Gasteiger partial charge in [-0.1, -0.05) is 6.92 Å². The zero-order valence-electron chi connectivity index (χ0n) is 18.8. The molecule has 0 unspecified atom stereocenters. The van der Waals surface area contributed by atoms with Crippen LogP contribution in [0.5, 0.6) is 28.7 Å². The minimum absolute atomic E-state index is 0.000584. The fourth-order valence-electron chi connectivity index (χ4n) is 3.22. The fourth-order valence-corrected chi connectivity index (χ4v) is 3.22. The normalized spacial score (nSPS) is 10.9. The summed E-state index contributed by atoms with van der Waals surface area (Å²) in [6.07, 6.45) is 0.635. The standard InChI is InChI=1S/C24H28O10/c1-2-8-33-24-22(29)21-17(28)13-16(30-9-5-25)14-20(21)34-23(24)15-3-4-18(31-10-6-26)19(12-15)32-11-7-27/h3-4,12-14,25-28H,2,5-11H2,1H3. The van der Waals surface area contributed by atoms with Crippen LogP contribution in [0.3, 0.4) is 0 Å². The SMILES string of the molecule is CCCOc1c(-c2ccc(OCCO)c(OCCO)c2)oc2cc(OCCO)cc(O)c2c1=O. The highest BCUT2D eigenvalue weighted by molar-refractivity contribution is 5.88. The number of hydrogen-bond acceptors (Lipinski definition) is 10. The molecule has 0 atom stereocenters. The average molecular weight is 476 g/mol. The van der Waals surface area contributed by atoms with Crippen LogP contribution in [0.2, 0.25) is 0 Å². The van der Waals surface area contributed by atoms with Crippen LogP contribution >= 0.6 is 0 Å². The monoisotopic (exact) mass is 476 g/mol. The van der Waals surface area contributed by atoms with Crippen LogP contribution in [0.4, 0.5) is 0 Å². The lowest BCUT2D eigenvalue weighted by atomic mass is 10.1. The molecule has 0 fully saturated rings. The highest BCUT2D eigenvalue weighted by Crippen LogP contribution is 2.39. The predicted octanol–water partition coefficient (Wildman–Crippen LogP) is 2.07. The number of hydrogen-bond donors (Lipinski definition) is 4.